The molecule has 0 atom stereocenters. The van der Waals surface area contributed by atoms with Crippen LogP contribution in [-0.4, -0.2) is 4.98 Å². The summed E-state index contributed by atoms with van der Waals surface area (Å²) in [4.78, 5) is 14.0. The second-order valence-electron chi connectivity index (χ2n) is 20.3. The van der Waals surface area contributed by atoms with Gasteiger partial charge in [-0.15, -0.1) is 72.2 Å². The molecule has 0 fully saturated rings. The number of benzene rings is 9. The molecule has 0 amide bonds. The maximum absolute atomic E-state index is 5.07. The molecule has 6 heteroatoms. The third kappa shape index (κ3) is 11.4. The number of aryl methyl sites for hydroxylation is 4. The maximum atomic E-state index is 5.07. The quantitative estimate of drug-likeness (QED) is 0.0953. The van der Waals surface area contributed by atoms with E-state index in [0.717, 1.165) is 81.9 Å². The summed E-state index contributed by atoms with van der Waals surface area (Å²) in [6.07, 6.45) is 5.61. The molecule has 0 spiro atoms. The fourth-order valence-electron chi connectivity index (χ4n) is 10.7. The molecule has 3 heterocycles. The van der Waals surface area contributed by atoms with Crippen LogP contribution >= 0.6 is 0 Å². The van der Waals surface area contributed by atoms with Gasteiger partial charge in [-0.3, -0.25) is 0 Å². The van der Waals surface area contributed by atoms with Gasteiger partial charge >= 0.3 is 0 Å². The Hall–Kier alpha value is -8.54. The Balaban J connectivity index is 0.00000660. The molecule has 0 saturated carbocycles. The van der Waals surface area contributed by atoms with E-state index in [4.69, 9.17) is 4.98 Å². The minimum atomic E-state index is 0. The van der Waals surface area contributed by atoms with Crippen molar-refractivity contribution in [3.8, 4) is 55.8 Å². The first-order valence-electron chi connectivity index (χ1n) is 27.0. The second kappa shape index (κ2) is 23.6. The standard InChI is InChI=1S/C73H60N5.Ir/c1-52-54(3)77(50-75(52)67-21-10-6-11-22-67)69-40-31-56(32-41-69)27-29-58-45-59(30-28-57-33-42-70(43-34-57)78-51-76(53(2)55(78)4)68-23-12-7-13-24-68)47-66(46-58)72-26-15-14-25-71(72)65-39-44-73(74-49-65)64-20-16-19-63(48-64)62-37-35-61(36-38-62)60-17-8-5-9-18-60;/h5-19,21-26,31-40,42,44-51H,27-30H2,1-4H3;/q-5;. The molecule has 0 saturated heterocycles. The molecule has 2 aliphatic rings. The van der Waals surface area contributed by atoms with E-state index in [1.165, 1.54) is 67.3 Å². The molecule has 0 N–H and O–H groups in total. The van der Waals surface area contributed by atoms with Gasteiger partial charge in [0.1, 0.15) is 0 Å². The van der Waals surface area contributed by atoms with Gasteiger partial charge in [-0.05, 0) is 121 Å². The fraction of sp³-hybridized carbons (Fsp3) is 0.110. The van der Waals surface area contributed by atoms with E-state index in [2.05, 4.69) is 297 Å². The Bertz CT molecular complexity index is 3620. The number of pyridine rings is 1. The van der Waals surface area contributed by atoms with Gasteiger partial charge in [-0.25, -0.2) is 0 Å². The van der Waals surface area contributed by atoms with Crippen molar-refractivity contribution in [2.45, 2.75) is 53.4 Å². The monoisotopic (exact) mass is 1200 g/mol. The van der Waals surface area contributed by atoms with Crippen LogP contribution in [0.15, 0.2) is 253 Å². The molecule has 9 aromatic carbocycles. The largest absolute Gasteiger partial charge is 0.497 e. The van der Waals surface area contributed by atoms with Crippen molar-refractivity contribution in [1.82, 2.24) is 4.98 Å². The van der Waals surface area contributed by atoms with E-state index < -0.39 is 0 Å². The Morgan fingerprint density at radius 1 is 0.367 bits per heavy atom. The third-order valence-corrected chi connectivity index (χ3v) is 15.4. The molecule has 12 rings (SSSR count). The van der Waals surface area contributed by atoms with E-state index in [-0.39, 0.29) is 20.1 Å². The minimum Gasteiger partial charge on any atom is -0.497 e. The average Bonchev–Trinajstić information content (AvgIpc) is 4.01. The molecular weight excluding hydrogens is 1140 g/mol. The summed E-state index contributed by atoms with van der Waals surface area (Å²) in [7, 11) is 0. The van der Waals surface area contributed by atoms with Gasteiger partial charge in [-0.2, -0.15) is 47.5 Å². The van der Waals surface area contributed by atoms with Crippen LogP contribution in [0.2, 0.25) is 0 Å². The Morgan fingerprint density at radius 2 is 0.810 bits per heavy atom. The van der Waals surface area contributed by atoms with Crippen molar-refractivity contribution in [2.24, 2.45) is 0 Å². The SMILES string of the molecule is CC1=C(C)N(c2ccccc2)[CH-]N1c1[c-]cc(CCc2cc(CCc3c[c-]c(N4[CH-]N(c5ccccc5)C(C)=C4C)cc3)cc(-c3ccccc3-c3ccc(-c4[c-]ccc(-c5ccc(-c6ccccc6)cc5)c4)nc3)c2)cc1.[Ir]. The van der Waals surface area contributed by atoms with Gasteiger partial charge in [0.05, 0.1) is 0 Å². The zero-order valence-electron chi connectivity index (χ0n) is 45.0. The average molecular weight is 1200 g/mol. The van der Waals surface area contributed by atoms with Crippen molar-refractivity contribution in [3.05, 3.63) is 307 Å². The number of nitrogens with zero attached hydrogens (tertiary/aromatic N) is 5. The topological polar surface area (TPSA) is 25.9 Å². The van der Waals surface area contributed by atoms with Gasteiger partial charge in [0, 0.05) is 60.5 Å². The van der Waals surface area contributed by atoms with E-state index >= 15 is 0 Å². The van der Waals surface area contributed by atoms with E-state index in [1.54, 1.807) is 0 Å². The maximum Gasteiger partial charge on any atom is 0.0239 e. The van der Waals surface area contributed by atoms with Crippen LogP contribution in [-0.2, 0) is 45.8 Å². The molecule has 1 radical (unpaired) electrons. The Labute approximate surface area is 480 Å². The molecule has 79 heavy (non-hydrogen) atoms. The van der Waals surface area contributed by atoms with Crippen LogP contribution < -0.4 is 19.6 Å². The number of aromatic nitrogens is 1. The number of hydrogen-bond donors (Lipinski definition) is 0. The summed E-state index contributed by atoms with van der Waals surface area (Å²) in [5, 5.41) is 0. The van der Waals surface area contributed by atoms with Crippen LogP contribution in [0.3, 0.4) is 0 Å². The summed E-state index contributed by atoms with van der Waals surface area (Å²) in [6, 6.07) is 91.0. The van der Waals surface area contributed by atoms with Crippen molar-refractivity contribution in [1.29, 1.82) is 0 Å². The van der Waals surface area contributed by atoms with Crippen molar-refractivity contribution < 1.29 is 20.1 Å². The third-order valence-electron chi connectivity index (χ3n) is 15.4. The van der Waals surface area contributed by atoms with E-state index in [0.29, 0.717) is 0 Å². The van der Waals surface area contributed by atoms with Gasteiger partial charge in [0.25, 0.3) is 0 Å². The zero-order valence-corrected chi connectivity index (χ0v) is 47.4. The first-order valence-corrected chi connectivity index (χ1v) is 27.0. The number of hydrogen-bond acceptors (Lipinski definition) is 5. The molecule has 2 aliphatic heterocycles. The van der Waals surface area contributed by atoms with Crippen LogP contribution in [0, 0.1) is 31.5 Å². The van der Waals surface area contributed by atoms with Gasteiger partial charge < -0.3 is 24.6 Å². The number of anilines is 4. The summed E-state index contributed by atoms with van der Waals surface area (Å²) >= 11 is 0. The molecule has 0 aliphatic carbocycles. The number of para-hydroxylation sites is 2. The van der Waals surface area contributed by atoms with E-state index in [1.807, 2.05) is 12.3 Å². The van der Waals surface area contributed by atoms with Crippen LogP contribution in [0.4, 0.5) is 22.7 Å². The first-order chi connectivity index (χ1) is 38.3. The van der Waals surface area contributed by atoms with E-state index in [9.17, 15) is 0 Å². The molecule has 5 nitrogen and oxygen atoms in total. The summed E-state index contributed by atoms with van der Waals surface area (Å²) in [5.41, 5.74) is 25.5. The zero-order chi connectivity index (χ0) is 53.0. The summed E-state index contributed by atoms with van der Waals surface area (Å²) < 4.78 is 0. The number of allylic oxidation sites excluding steroid dienone is 4. The molecule has 391 valence electrons. The molecule has 0 unspecified atom stereocenters. The fourth-order valence-corrected chi connectivity index (χ4v) is 10.7. The van der Waals surface area contributed by atoms with Gasteiger partial charge in [0.15, 0.2) is 0 Å². The minimum absolute atomic E-state index is 0. The molecular formula is C73H60IrN5-5. The van der Waals surface area contributed by atoms with Crippen molar-refractivity contribution in [2.75, 3.05) is 19.6 Å². The Kier molecular flexibility index (Phi) is 15.7. The molecule has 10 aromatic rings. The second-order valence-corrected chi connectivity index (χ2v) is 20.3. The predicted molar refractivity (Wildman–Crippen MR) is 324 cm³/mol. The van der Waals surface area contributed by atoms with Crippen LogP contribution in [0.25, 0.3) is 55.8 Å². The van der Waals surface area contributed by atoms with Crippen LogP contribution in [0.1, 0.15) is 49.9 Å². The smallest absolute Gasteiger partial charge is 0.0239 e. The molecule has 0 bridgehead atoms. The molecule has 1 aromatic heterocycles. The van der Waals surface area contributed by atoms with Gasteiger partial charge in [-0.1, -0.05) is 158 Å². The normalized spacial score (nSPS) is 13.4. The number of rotatable bonds is 15. The summed E-state index contributed by atoms with van der Waals surface area (Å²) in [6.45, 7) is 13.0. The summed E-state index contributed by atoms with van der Waals surface area (Å²) in [5.74, 6) is 0. The van der Waals surface area contributed by atoms with Crippen molar-refractivity contribution in [3.63, 3.8) is 0 Å². The van der Waals surface area contributed by atoms with Crippen LogP contribution in [0.5, 0.6) is 0 Å². The first kappa shape index (κ1) is 52.5. The predicted octanol–water partition coefficient (Wildman–Crippen LogP) is 17.8. The Morgan fingerprint density at radius 3 is 1.30 bits per heavy atom. The van der Waals surface area contributed by atoms with Gasteiger partial charge in [0.2, 0.25) is 0 Å². The van der Waals surface area contributed by atoms with Crippen molar-refractivity contribution >= 4 is 22.7 Å².